The highest BCUT2D eigenvalue weighted by molar-refractivity contribution is 5.92. The van der Waals surface area contributed by atoms with Gasteiger partial charge in [-0.2, -0.15) is 0 Å². The number of ether oxygens (including phenoxy) is 1. The molecule has 0 radical (unpaired) electrons. The van der Waals surface area contributed by atoms with E-state index in [2.05, 4.69) is 26.0 Å². The van der Waals surface area contributed by atoms with Crippen molar-refractivity contribution in [2.75, 3.05) is 0 Å². The summed E-state index contributed by atoms with van der Waals surface area (Å²) in [6.07, 6.45) is 9.55. The van der Waals surface area contributed by atoms with Crippen molar-refractivity contribution in [3.63, 3.8) is 0 Å². The molecule has 4 rings (SSSR count). The van der Waals surface area contributed by atoms with Gasteiger partial charge in [-0.25, -0.2) is 0 Å². The molecule has 0 spiro atoms. The molecule has 6 unspecified atom stereocenters. The van der Waals surface area contributed by atoms with Crippen molar-refractivity contribution in [1.29, 1.82) is 0 Å². The summed E-state index contributed by atoms with van der Waals surface area (Å²) in [5.74, 6) is 0.806. The molecule has 0 saturated heterocycles. The van der Waals surface area contributed by atoms with E-state index in [1.165, 1.54) is 6.92 Å². The van der Waals surface area contributed by atoms with E-state index < -0.39 is 6.10 Å². The fourth-order valence-electron chi connectivity index (χ4n) is 6.48. The number of hydrogen-bond acceptors (Lipinski definition) is 4. The number of fused-ring (bicyclic) bond motifs is 5. The molecular formula is C21H28O4. The van der Waals surface area contributed by atoms with Gasteiger partial charge in [-0.05, 0) is 54.6 Å². The second kappa shape index (κ2) is 5.54. The van der Waals surface area contributed by atoms with E-state index in [4.69, 9.17) is 4.74 Å². The Kier molecular flexibility index (Phi) is 3.77. The summed E-state index contributed by atoms with van der Waals surface area (Å²) in [6.45, 7) is 5.87. The van der Waals surface area contributed by atoms with Crippen LogP contribution in [-0.2, 0) is 14.3 Å². The standard InChI is InChI=1S/C21H28O4/c1-12(22)25-18-7-6-16-15-5-4-13-10-14(23)8-9-20(13,2)19(15)17(24)11-21(16,18)3/h4-5,10,15-19,24H,6-9,11H2,1-3H3/t15?,16?,17-,18?,19?,20?,21?/m1/s1. The third-order valence-electron chi connectivity index (χ3n) is 7.67. The van der Waals surface area contributed by atoms with Crippen molar-refractivity contribution in [2.45, 2.75) is 65.1 Å². The van der Waals surface area contributed by atoms with Crippen LogP contribution in [0.1, 0.15) is 52.9 Å². The first-order chi connectivity index (χ1) is 11.8. The molecule has 0 heterocycles. The fourth-order valence-corrected chi connectivity index (χ4v) is 6.48. The Balaban J connectivity index is 1.72. The molecule has 0 aromatic rings. The van der Waals surface area contributed by atoms with Gasteiger partial charge in [-0.15, -0.1) is 0 Å². The van der Waals surface area contributed by atoms with Gasteiger partial charge in [-0.3, -0.25) is 9.59 Å². The SMILES string of the molecule is CC(=O)OC1CCC2C3C=CC4=CC(=O)CCC4(C)C3[C@H](O)CC12C. The number of aliphatic hydroxyl groups excluding tert-OH is 1. The second-order valence-corrected chi connectivity index (χ2v) is 9.00. The summed E-state index contributed by atoms with van der Waals surface area (Å²) in [5.41, 5.74) is 0.786. The van der Waals surface area contributed by atoms with Crippen molar-refractivity contribution < 1.29 is 19.4 Å². The Morgan fingerprint density at radius 2 is 2.08 bits per heavy atom. The van der Waals surface area contributed by atoms with Gasteiger partial charge >= 0.3 is 5.97 Å². The highest BCUT2D eigenvalue weighted by Gasteiger charge is 2.61. The number of carbonyl (C=O) groups excluding carboxylic acids is 2. The molecule has 2 saturated carbocycles. The van der Waals surface area contributed by atoms with E-state index >= 15 is 0 Å². The highest BCUT2D eigenvalue weighted by Crippen LogP contribution is 2.64. The maximum Gasteiger partial charge on any atom is 0.302 e. The highest BCUT2D eigenvalue weighted by atomic mass is 16.5. The quantitative estimate of drug-likeness (QED) is 0.742. The molecule has 4 aliphatic rings. The molecule has 4 heteroatoms. The summed E-state index contributed by atoms with van der Waals surface area (Å²) in [6, 6.07) is 0. The molecule has 0 aromatic heterocycles. The van der Waals surface area contributed by atoms with Crippen molar-refractivity contribution in [1.82, 2.24) is 0 Å². The van der Waals surface area contributed by atoms with Crippen LogP contribution >= 0.6 is 0 Å². The molecule has 0 aliphatic heterocycles. The Hall–Kier alpha value is -1.42. The zero-order chi connectivity index (χ0) is 18.0. The van der Waals surface area contributed by atoms with Gasteiger partial charge in [0, 0.05) is 24.7 Å². The summed E-state index contributed by atoms with van der Waals surface area (Å²) in [4.78, 5) is 23.4. The van der Waals surface area contributed by atoms with E-state index in [0.717, 1.165) is 24.8 Å². The number of esters is 1. The number of carbonyl (C=O) groups is 2. The maximum absolute atomic E-state index is 11.9. The molecule has 0 amide bonds. The van der Waals surface area contributed by atoms with Crippen LogP contribution in [0.25, 0.3) is 0 Å². The Bertz CT molecular complexity index is 677. The number of hydrogen-bond donors (Lipinski definition) is 1. The van der Waals surface area contributed by atoms with Crippen LogP contribution in [0.2, 0.25) is 0 Å². The Morgan fingerprint density at radius 3 is 2.80 bits per heavy atom. The van der Waals surface area contributed by atoms with E-state index in [1.807, 2.05) is 0 Å². The maximum atomic E-state index is 11.9. The van der Waals surface area contributed by atoms with Gasteiger partial charge in [0.05, 0.1) is 6.10 Å². The predicted octanol–water partition coefficient (Wildman–Crippen LogP) is 3.20. The van der Waals surface area contributed by atoms with Gasteiger partial charge in [0.2, 0.25) is 0 Å². The topological polar surface area (TPSA) is 63.6 Å². The van der Waals surface area contributed by atoms with Crippen LogP contribution in [0.5, 0.6) is 0 Å². The molecule has 7 atom stereocenters. The second-order valence-electron chi connectivity index (χ2n) is 9.00. The summed E-state index contributed by atoms with van der Waals surface area (Å²) in [7, 11) is 0. The zero-order valence-electron chi connectivity index (χ0n) is 15.3. The molecular weight excluding hydrogens is 316 g/mol. The van der Waals surface area contributed by atoms with Crippen molar-refractivity contribution >= 4 is 11.8 Å². The van der Waals surface area contributed by atoms with Gasteiger partial charge in [0.25, 0.3) is 0 Å². The minimum absolute atomic E-state index is 0.100. The molecule has 2 fully saturated rings. The average Bonchev–Trinajstić information content (AvgIpc) is 2.83. The summed E-state index contributed by atoms with van der Waals surface area (Å²) >= 11 is 0. The fraction of sp³-hybridized carbons (Fsp3) is 0.714. The molecule has 136 valence electrons. The minimum Gasteiger partial charge on any atom is -0.462 e. The zero-order valence-corrected chi connectivity index (χ0v) is 15.3. The smallest absolute Gasteiger partial charge is 0.302 e. The number of rotatable bonds is 1. The van der Waals surface area contributed by atoms with Crippen LogP contribution < -0.4 is 0 Å². The van der Waals surface area contributed by atoms with E-state index in [1.54, 1.807) is 6.08 Å². The first kappa shape index (κ1) is 17.0. The lowest BCUT2D eigenvalue weighted by atomic mass is 9.48. The van der Waals surface area contributed by atoms with E-state index in [9.17, 15) is 14.7 Å². The number of allylic oxidation sites excluding steroid dienone is 4. The summed E-state index contributed by atoms with van der Waals surface area (Å²) < 4.78 is 5.63. The molecule has 0 bridgehead atoms. The number of ketones is 1. The third-order valence-corrected chi connectivity index (χ3v) is 7.67. The first-order valence-electron chi connectivity index (χ1n) is 9.54. The van der Waals surface area contributed by atoms with Crippen LogP contribution in [0.3, 0.4) is 0 Å². The molecule has 25 heavy (non-hydrogen) atoms. The van der Waals surface area contributed by atoms with Gasteiger partial charge in [0.1, 0.15) is 6.10 Å². The third kappa shape index (κ3) is 2.37. The van der Waals surface area contributed by atoms with Crippen LogP contribution in [-0.4, -0.2) is 29.1 Å². The van der Waals surface area contributed by atoms with Gasteiger partial charge in [0.15, 0.2) is 5.78 Å². The average molecular weight is 344 g/mol. The van der Waals surface area contributed by atoms with Crippen molar-refractivity contribution in [3.05, 3.63) is 23.8 Å². The van der Waals surface area contributed by atoms with E-state index in [-0.39, 0.29) is 40.5 Å². The largest absolute Gasteiger partial charge is 0.462 e. The van der Waals surface area contributed by atoms with Gasteiger partial charge < -0.3 is 9.84 Å². The van der Waals surface area contributed by atoms with Crippen molar-refractivity contribution in [2.24, 2.45) is 28.6 Å². The predicted molar refractivity (Wildman–Crippen MR) is 93.6 cm³/mol. The Morgan fingerprint density at radius 1 is 1.32 bits per heavy atom. The lowest BCUT2D eigenvalue weighted by molar-refractivity contribution is -0.163. The minimum atomic E-state index is -0.436. The molecule has 4 nitrogen and oxygen atoms in total. The monoisotopic (exact) mass is 344 g/mol. The van der Waals surface area contributed by atoms with Gasteiger partial charge in [-0.1, -0.05) is 26.0 Å². The number of aliphatic hydroxyl groups is 1. The first-order valence-corrected chi connectivity index (χ1v) is 9.54. The van der Waals surface area contributed by atoms with E-state index in [0.29, 0.717) is 18.8 Å². The van der Waals surface area contributed by atoms with Crippen LogP contribution in [0.15, 0.2) is 23.8 Å². The molecule has 4 aliphatic carbocycles. The normalized spacial score (nSPS) is 48.2. The van der Waals surface area contributed by atoms with Crippen LogP contribution in [0, 0.1) is 28.6 Å². The van der Waals surface area contributed by atoms with Crippen molar-refractivity contribution in [3.8, 4) is 0 Å². The lowest BCUT2D eigenvalue weighted by Crippen LogP contribution is -2.56. The molecule has 0 aromatic carbocycles. The Labute approximate surface area is 149 Å². The van der Waals surface area contributed by atoms with Crippen LogP contribution in [0.4, 0.5) is 0 Å². The molecule has 1 N–H and O–H groups in total. The summed E-state index contributed by atoms with van der Waals surface area (Å²) in [5, 5.41) is 11.2. The lowest BCUT2D eigenvalue weighted by Gasteiger charge is -2.57.